The Morgan fingerprint density at radius 1 is 1.35 bits per heavy atom. The zero-order valence-corrected chi connectivity index (χ0v) is 12.3. The number of benzene rings is 1. The molecule has 0 aromatic heterocycles. The van der Waals surface area contributed by atoms with Crippen molar-refractivity contribution >= 4 is 5.91 Å². The first-order chi connectivity index (χ1) is 9.62. The summed E-state index contributed by atoms with van der Waals surface area (Å²) in [6, 6.07) is 5.32. The molecule has 1 amide bonds. The molecule has 1 aliphatic heterocycles. The van der Waals surface area contributed by atoms with Gasteiger partial charge in [0.05, 0.1) is 20.3 Å². The summed E-state index contributed by atoms with van der Waals surface area (Å²) < 4.78 is 10.6. The number of carbonyl (C=O) groups is 1. The fourth-order valence-electron chi connectivity index (χ4n) is 2.78. The van der Waals surface area contributed by atoms with Crippen molar-refractivity contribution in [1.82, 2.24) is 4.90 Å². The van der Waals surface area contributed by atoms with Crippen LogP contribution in [0.1, 0.15) is 31.4 Å². The molecule has 0 radical (unpaired) electrons. The van der Waals surface area contributed by atoms with Crippen LogP contribution in [0, 0.1) is 0 Å². The SMILES string of the molecule is CCCN1C(=O)CC(N)C1c1ccc(OC)cc1OC. The van der Waals surface area contributed by atoms with Gasteiger partial charge in [0.25, 0.3) is 0 Å². The quantitative estimate of drug-likeness (QED) is 0.890. The molecule has 1 fully saturated rings. The van der Waals surface area contributed by atoms with Crippen LogP contribution in [-0.4, -0.2) is 37.6 Å². The van der Waals surface area contributed by atoms with Crippen molar-refractivity contribution < 1.29 is 14.3 Å². The van der Waals surface area contributed by atoms with Crippen molar-refractivity contribution in [1.29, 1.82) is 0 Å². The van der Waals surface area contributed by atoms with Gasteiger partial charge in [0.15, 0.2) is 0 Å². The van der Waals surface area contributed by atoms with Crippen molar-refractivity contribution in [2.24, 2.45) is 5.73 Å². The maximum atomic E-state index is 12.1. The minimum Gasteiger partial charge on any atom is -0.497 e. The summed E-state index contributed by atoms with van der Waals surface area (Å²) in [7, 11) is 3.23. The van der Waals surface area contributed by atoms with Crippen molar-refractivity contribution in [3.8, 4) is 11.5 Å². The first-order valence-electron chi connectivity index (χ1n) is 6.89. The fraction of sp³-hybridized carbons (Fsp3) is 0.533. The number of carbonyl (C=O) groups excluding carboxylic acids is 1. The number of likely N-dealkylation sites (tertiary alicyclic amines) is 1. The molecule has 5 heteroatoms. The topological polar surface area (TPSA) is 64.8 Å². The third kappa shape index (κ3) is 2.58. The van der Waals surface area contributed by atoms with E-state index < -0.39 is 0 Å². The average Bonchev–Trinajstić information content (AvgIpc) is 2.73. The van der Waals surface area contributed by atoms with Crippen LogP contribution in [0.2, 0.25) is 0 Å². The van der Waals surface area contributed by atoms with E-state index >= 15 is 0 Å². The molecule has 2 atom stereocenters. The zero-order chi connectivity index (χ0) is 14.7. The summed E-state index contributed by atoms with van der Waals surface area (Å²) in [5.41, 5.74) is 7.11. The number of rotatable bonds is 5. The molecule has 2 rings (SSSR count). The minimum absolute atomic E-state index is 0.113. The molecular weight excluding hydrogens is 256 g/mol. The smallest absolute Gasteiger partial charge is 0.224 e. The predicted molar refractivity (Wildman–Crippen MR) is 76.9 cm³/mol. The van der Waals surface area contributed by atoms with E-state index in [1.807, 2.05) is 23.1 Å². The van der Waals surface area contributed by atoms with Crippen LogP contribution < -0.4 is 15.2 Å². The normalized spacial score (nSPS) is 22.2. The van der Waals surface area contributed by atoms with E-state index in [-0.39, 0.29) is 18.0 Å². The Kier molecular flexibility index (Phi) is 4.49. The van der Waals surface area contributed by atoms with Crippen molar-refractivity contribution in [3.63, 3.8) is 0 Å². The lowest BCUT2D eigenvalue weighted by Gasteiger charge is -2.28. The summed E-state index contributed by atoms with van der Waals surface area (Å²) in [5, 5.41) is 0. The molecule has 1 aromatic rings. The van der Waals surface area contributed by atoms with Crippen molar-refractivity contribution in [2.75, 3.05) is 20.8 Å². The largest absolute Gasteiger partial charge is 0.497 e. The van der Waals surface area contributed by atoms with E-state index in [0.29, 0.717) is 18.7 Å². The molecule has 0 bridgehead atoms. The Balaban J connectivity index is 2.40. The highest BCUT2D eigenvalue weighted by Gasteiger charge is 2.39. The van der Waals surface area contributed by atoms with Gasteiger partial charge in [-0.2, -0.15) is 0 Å². The number of nitrogens with two attached hydrogens (primary N) is 1. The highest BCUT2D eigenvalue weighted by molar-refractivity contribution is 5.80. The molecule has 5 nitrogen and oxygen atoms in total. The zero-order valence-electron chi connectivity index (χ0n) is 12.3. The molecule has 0 saturated carbocycles. The Labute approximate surface area is 119 Å². The van der Waals surface area contributed by atoms with Gasteiger partial charge in [0.1, 0.15) is 11.5 Å². The molecule has 2 N–H and O–H groups in total. The fourth-order valence-corrected chi connectivity index (χ4v) is 2.78. The third-order valence-corrected chi connectivity index (χ3v) is 3.70. The lowest BCUT2D eigenvalue weighted by Crippen LogP contribution is -2.33. The van der Waals surface area contributed by atoms with Crippen LogP contribution in [0.4, 0.5) is 0 Å². The Hall–Kier alpha value is -1.75. The Bertz CT molecular complexity index is 490. The molecule has 1 saturated heterocycles. The minimum atomic E-state index is -0.198. The Morgan fingerprint density at radius 2 is 2.10 bits per heavy atom. The molecule has 1 aromatic carbocycles. The standard InChI is InChI=1S/C15H22N2O3/c1-4-7-17-14(18)9-12(16)15(17)11-6-5-10(19-2)8-13(11)20-3/h5-6,8,12,15H,4,7,9,16H2,1-3H3. The van der Waals surface area contributed by atoms with Gasteiger partial charge in [-0.05, 0) is 18.6 Å². The number of hydrogen-bond acceptors (Lipinski definition) is 4. The summed E-state index contributed by atoms with van der Waals surface area (Å²) in [6.45, 7) is 2.77. The summed E-state index contributed by atoms with van der Waals surface area (Å²) in [5.74, 6) is 1.55. The van der Waals surface area contributed by atoms with Gasteiger partial charge in [-0.25, -0.2) is 0 Å². The molecule has 110 valence electrons. The molecule has 2 unspecified atom stereocenters. The second-order valence-electron chi connectivity index (χ2n) is 5.01. The van der Waals surface area contributed by atoms with Crippen LogP contribution in [0.15, 0.2) is 18.2 Å². The van der Waals surface area contributed by atoms with Crippen LogP contribution in [0.25, 0.3) is 0 Å². The number of methoxy groups -OCH3 is 2. The molecule has 0 spiro atoms. The van der Waals surface area contributed by atoms with Gasteiger partial charge in [-0.3, -0.25) is 4.79 Å². The van der Waals surface area contributed by atoms with Crippen LogP contribution >= 0.6 is 0 Å². The third-order valence-electron chi connectivity index (χ3n) is 3.70. The monoisotopic (exact) mass is 278 g/mol. The maximum Gasteiger partial charge on any atom is 0.224 e. The number of ether oxygens (including phenoxy) is 2. The van der Waals surface area contributed by atoms with Crippen molar-refractivity contribution in [3.05, 3.63) is 23.8 Å². The second kappa shape index (κ2) is 6.13. The van der Waals surface area contributed by atoms with Gasteiger partial charge in [-0.1, -0.05) is 6.92 Å². The summed E-state index contributed by atoms with van der Waals surface area (Å²) >= 11 is 0. The van der Waals surface area contributed by atoms with E-state index in [1.54, 1.807) is 14.2 Å². The van der Waals surface area contributed by atoms with Crippen LogP contribution in [0.3, 0.4) is 0 Å². The van der Waals surface area contributed by atoms with Gasteiger partial charge >= 0.3 is 0 Å². The van der Waals surface area contributed by atoms with Crippen molar-refractivity contribution in [2.45, 2.75) is 31.8 Å². The highest BCUT2D eigenvalue weighted by atomic mass is 16.5. The lowest BCUT2D eigenvalue weighted by atomic mass is 9.99. The maximum absolute atomic E-state index is 12.1. The highest BCUT2D eigenvalue weighted by Crippen LogP contribution is 2.38. The Morgan fingerprint density at radius 3 is 2.70 bits per heavy atom. The molecule has 20 heavy (non-hydrogen) atoms. The summed E-state index contributed by atoms with van der Waals surface area (Å²) in [4.78, 5) is 13.9. The first kappa shape index (κ1) is 14.7. The van der Waals surface area contributed by atoms with Crippen LogP contribution in [-0.2, 0) is 4.79 Å². The van der Waals surface area contributed by atoms with Gasteiger partial charge in [0.2, 0.25) is 5.91 Å². The van der Waals surface area contributed by atoms with Gasteiger partial charge in [0, 0.05) is 30.6 Å². The molecule has 1 heterocycles. The van der Waals surface area contributed by atoms with E-state index in [4.69, 9.17) is 15.2 Å². The lowest BCUT2D eigenvalue weighted by molar-refractivity contribution is -0.129. The van der Waals surface area contributed by atoms with Crippen LogP contribution in [0.5, 0.6) is 11.5 Å². The molecular formula is C15H22N2O3. The van der Waals surface area contributed by atoms with Gasteiger partial charge in [-0.15, -0.1) is 0 Å². The van der Waals surface area contributed by atoms with E-state index in [2.05, 4.69) is 6.92 Å². The molecule has 1 aliphatic rings. The average molecular weight is 278 g/mol. The van der Waals surface area contributed by atoms with Gasteiger partial charge < -0.3 is 20.1 Å². The summed E-state index contributed by atoms with van der Waals surface area (Å²) in [6.07, 6.45) is 1.30. The number of nitrogens with zero attached hydrogens (tertiary/aromatic N) is 1. The second-order valence-corrected chi connectivity index (χ2v) is 5.01. The molecule has 0 aliphatic carbocycles. The predicted octanol–water partition coefficient (Wildman–Crippen LogP) is 1.71. The van der Waals surface area contributed by atoms with E-state index in [9.17, 15) is 4.79 Å². The first-order valence-corrected chi connectivity index (χ1v) is 6.89. The van der Waals surface area contributed by atoms with E-state index in [0.717, 1.165) is 17.7 Å². The number of amides is 1. The van der Waals surface area contributed by atoms with E-state index in [1.165, 1.54) is 0 Å². The number of hydrogen-bond donors (Lipinski definition) is 1.